The molecule has 18 heavy (non-hydrogen) atoms. The molecule has 2 rings (SSSR count). The molecular formula is C16H24ClN. The van der Waals surface area contributed by atoms with E-state index in [-0.39, 0.29) is 0 Å². The van der Waals surface area contributed by atoms with E-state index in [4.69, 9.17) is 11.6 Å². The second-order valence-corrected chi connectivity index (χ2v) is 6.91. The van der Waals surface area contributed by atoms with Crippen LogP contribution in [-0.4, -0.2) is 17.5 Å². The van der Waals surface area contributed by atoms with Gasteiger partial charge in [-0.1, -0.05) is 50.9 Å². The molecule has 1 nitrogen and oxygen atoms in total. The van der Waals surface area contributed by atoms with Crippen molar-refractivity contribution in [3.63, 3.8) is 0 Å². The summed E-state index contributed by atoms with van der Waals surface area (Å²) in [6, 6.07) is 8.98. The zero-order chi connectivity index (χ0) is 13.2. The normalized spacial score (nSPS) is 22.1. The summed E-state index contributed by atoms with van der Waals surface area (Å²) in [4.78, 5) is 2.65. The molecule has 0 radical (unpaired) electrons. The first-order valence-electron chi connectivity index (χ1n) is 6.95. The lowest BCUT2D eigenvalue weighted by Gasteiger charge is -2.43. The third-order valence-corrected chi connectivity index (χ3v) is 4.16. The molecule has 1 atom stereocenters. The molecule has 0 amide bonds. The molecule has 1 heterocycles. The van der Waals surface area contributed by atoms with Crippen molar-refractivity contribution in [2.75, 3.05) is 6.54 Å². The molecule has 0 aromatic heterocycles. The van der Waals surface area contributed by atoms with Gasteiger partial charge in [0.25, 0.3) is 0 Å². The summed E-state index contributed by atoms with van der Waals surface area (Å²) >= 11 is 5.94. The molecule has 0 aliphatic carbocycles. The van der Waals surface area contributed by atoms with Crippen molar-refractivity contribution < 1.29 is 0 Å². The minimum Gasteiger partial charge on any atom is -0.296 e. The smallest absolute Gasteiger partial charge is 0.0406 e. The Morgan fingerprint density at radius 3 is 2.44 bits per heavy atom. The van der Waals surface area contributed by atoms with Crippen LogP contribution in [0.25, 0.3) is 0 Å². The van der Waals surface area contributed by atoms with E-state index in [2.05, 4.69) is 37.8 Å². The van der Waals surface area contributed by atoms with Gasteiger partial charge in [-0.3, -0.25) is 4.90 Å². The number of benzene rings is 1. The molecular weight excluding hydrogens is 242 g/mol. The third-order valence-electron chi connectivity index (χ3n) is 3.91. The number of rotatable bonds is 2. The molecule has 1 saturated heterocycles. The minimum absolute atomic E-state index is 0.368. The van der Waals surface area contributed by atoms with Crippen LogP contribution in [0.2, 0.25) is 5.02 Å². The van der Waals surface area contributed by atoms with Crippen LogP contribution in [0, 0.1) is 5.41 Å². The monoisotopic (exact) mass is 265 g/mol. The van der Waals surface area contributed by atoms with Gasteiger partial charge in [-0.15, -0.1) is 0 Å². The van der Waals surface area contributed by atoms with Gasteiger partial charge in [-0.05, 0) is 42.5 Å². The first-order valence-corrected chi connectivity index (χ1v) is 7.33. The lowest BCUT2D eigenvalue weighted by atomic mass is 9.80. The van der Waals surface area contributed by atoms with E-state index in [1.807, 2.05) is 12.1 Å². The first-order chi connectivity index (χ1) is 8.47. The Labute approximate surface area is 116 Å². The summed E-state index contributed by atoms with van der Waals surface area (Å²) in [6.45, 7) is 9.36. The molecule has 2 heteroatoms. The first kappa shape index (κ1) is 13.9. The van der Waals surface area contributed by atoms with Gasteiger partial charge in [0.15, 0.2) is 0 Å². The van der Waals surface area contributed by atoms with Gasteiger partial charge in [0.05, 0.1) is 0 Å². The highest BCUT2D eigenvalue weighted by molar-refractivity contribution is 6.30. The van der Waals surface area contributed by atoms with Gasteiger partial charge < -0.3 is 0 Å². The summed E-state index contributed by atoms with van der Waals surface area (Å²) in [7, 11) is 0. The van der Waals surface area contributed by atoms with Crippen molar-refractivity contribution in [2.45, 2.75) is 52.6 Å². The predicted octanol–water partition coefficient (Wildman–Crippen LogP) is 4.74. The van der Waals surface area contributed by atoms with Crippen molar-refractivity contribution in [1.29, 1.82) is 0 Å². The Hall–Kier alpha value is -0.530. The van der Waals surface area contributed by atoms with Crippen molar-refractivity contribution in [2.24, 2.45) is 5.41 Å². The van der Waals surface area contributed by atoms with E-state index < -0.39 is 0 Å². The van der Waals surface area contributed by atoms with Crippen molar-refractivity contribution in [3.8, 4) is 0 Å². The Morgan fingerprint density at radius 1 is 1.17 bits per heavy atom. The average Bonchev–Trinajstić information content (AvgIpc) is 2.31. The molecule has 1 aliphatic rings. The summed E-state index contributed by atoms with van der Waals surface area (Å²) in [5.41, 5.74) is 1.74. The van der Waals surface area contributed by atoms with Crippen LogP contribution in [0.4, 0.5) is 0 Å². The van der Waals surface area contributed by atoms with E-state index in [1.165, 1.54) is 31.4 Å². The second kappa shape index (κ2) is 5.63. The molecule has 1 aromatic rings. The van der Waals surface area contributed by atoms with Gasteiger partial charge in [-0.2, -0.15) is 0 Å². The maximum atomic E-state index is 5.94. The SMILES string of the molecule is CC(C)(C)C1CCCCN1Cc1ccc(Cl)cc1. The molecule has 0 saturated carbocycles. The van der Waals surface area contributed by atoms with Gasteiger partial charge in [-0.25, -0.2) is 0 Å². The fraction of sp³-hybridized carbons (Fsp3) is 0.625. The fourth-order valence-corrected chi connectivity index (χ4v) is 3.11. The zero-order valence-electron chi connectivity index (χ0n) is 11.7. The summed E-state index contributed by atoms with van der Waals surface area (Å²) in [5, 5.41) is 0.824. The number of piperidine rings is 1. The number of hydrogen-bond donors (Lipinski definition) is 0. The van der Waals surface area contributed by atoms with Crippen LogP contribution < -0.4 is 0 Å². The van der Waals surface area contributed by atoms with Crippen LogP contribution in [-0.2, 0) is 6.54 Å². The van der Waals surface area contributed by atoms with Crippen LogP contribution in [0.15, 0.2) is 24.3 Å². The minimum atomic E-state index is 0.368. The lowest BCUT2D eigenvalue weighted by molar-refractivity contribution is 0.0574. The van der Waals surface area contributed by atoms with Crippen LogP contribution >= 0.6 is 11.6 Å². The Morgan fingerprint density at radius 2 is 1.83 bits per heavy atom. The molecule has 0 bridgehead atoms. The molecule has 1 fully saturated rings. The highest BCUT2D eigenvalue weighted by Gasteiger charge is 2.31. The molecule has 0 N–H and O–H groups in total. The Balaban J connectivity index is 2.08. The van der Waals surface area contributed by atoms with Crippen LogP contribution in [0.1, 0.15) is 45.6 Å². The van der Waals surface area contributed by atoms with E-state index in [9.17, 15) is 0 Å². The summed E-state index contributed by atoms with van der Waals surface area (Å²) in [5.74, 6) is 0. The number of halogens is 1. The van der Waals surface area contributed by atoms with Crippen molar-refractivity contribution in [3.05, 3.63) is 34.9 Å². The van der Waals surface area contributed by atoms with Gasteiger partial charge in [0, 0.05) is 17.6 Å². The molecule has 1 aromatic carbocycles. The summed E-state index contributed by atoms with van der Waals surface area (Å²) < 4.78 is 0. The zero-order valence-corrected chi connectivity index (χ0v) is 12.5. The standard InChI is InChI=1S/C16H24ClN/c1-16(2,3)15-6-4-5-11-18(15)12-13-7-9-14(17)10-8-13/h7-10,15H,4-6,11-12H2,1-3H3. The largest absolute Gasteiger partial charge is 0.296 e. The highest BCUT2D eigenvalue weighted by atomic mass is 35.5. The molecule has 1 unspecified atom stereocenters. The quantitative estimate of drug-likeness (QED) is 0.747. The molecule has 0 spiro atoms. The fourth-order valence-electron chi connectivity index (χ4n) is 2.99. The van der Waals surface area contributed by atoms with Crippen LogP contribution in [0.3, 0.4) is 0 Å². The highest BCUT2D eigenvalue weighted by Crippen LogP contribution is 2.32. The predicted molar refractivity (Wildman–Crippen MR) is 79.0 cm³/mol. The third kappa shape index (κ3) is 3.49. The summed E-state index contributed by atoms with van der Waals surface area (Å²) in [6.07, 6.45) is 4.04. The van der Waals surface area contributed by atoms with Crippen molar-refractivity contribution in [1.82, 2.24) is 4.90 Å². The number of nitrogens with zero attached hydrogens (tertiary/aromatic N) is 1. The van der Waals surface area contributed by atoms with Gasteiger partial charge >= 0.3 is 0 Å². The van der Waals surface area contributed by atoms with Crippen LogP contribution in [0.5, 0.6) is 0 Å². The van der Waals surface area contributed by atoms with Gasteiger partial charge in [0.2, 0.25) is 0 Å². The molecule has 100 valence electrons. The van der Waals surface area contributed by atoms with E-state index >= 15 is 0 Å². The van der Waals surface area contributed by atoms with Gasteiger partial charge in [0.1, 0.15) is 0 Å². The number of likely N-dealkylation sites (tertiary alicyclic amines) is 1. The number of hydrogen-bond acceptors (Lipinski definition) is 1. The van der Waals surface area contributed by atoms with E-state index in [1.54, 1.807) is 0 Å². The Kier molecular flexibility index (Phi) is 4.34. The molecule has 1 aliphatic heterocycles. The van der Waals surface area contributed by atoms with E-state index in [0.717, 1.165) is 11.6 Å². The van der Waals surface area contributed by atoms with E-state index in [0.29, 0.717) is 11.5 Å². The lowest BCUT2D eigenvalue weighted by Crippen LogP contribution is -2.46. The maximum Gasteiger partial charge on any atom is 0.0406 e. The second-order valence-electron chi connectivity index (χ2n) is 6.47. The van der Waals surface area contributed by atoms with Crippen molar-refractivity contribution >= 4 is 11.6 Å². The topological polar surface area (TPSA) is 3.24 Å². The average molecular weight is 266 g/mol. The maximum absolute atomic E-state index is 5.94. The Bertz CT molecular complexity index is 377.